The summed E-state index contributed by atoms with van der Waals surface area (Å²) in [6.45, 7) is 3.97. The number of allylic oxidation sites excluding steroid dienone is 12. The van der Waals surface area contributed by atoms with Crippen LogP contribution in [-0.2, 0) is 12.8 Å². The van der Waals surface area contributed by atoms with Crippen molar-refractivity contribution in [1.82, 2.24) is 4.90 Å². The average molecular weight is 627 g/mol. The van der Waals surface area contributed by atoms with E-state index >= 15 is 0 Å². The molecule has 3 aromatic rings. The number of aryl methyl sites for hydroxylation is 1. The fraction of sp³-hybridized carbons (Fsp3) is 0.261. The Kier molecular flexibility index (Phi) is 8.73. The zero-order valence-electron chi connectivity index (χ0n) is 28.0. The van der Waals surface area contributed by atoms with Gasteiger partial charge in [0.1, 0.15) is 0 Å². The highest BCUT2D eigenvalue weighted by Crippen LogP contribution is 2.46. The van der Waals surface area contributed by atoms with E-state index in [0.717, 1.165) is 51.4 Å². The quantitative estimate of drug-likeness (QED) is 0.172. The van der Waals surface area contributed by atoms with Crippen LogP contribution in [0.25, 0.3) is 22.5 Å². The lowest BCUT2D eigenvalue weighted by molar-refractivity contribution is 0.386. The van der Waals surface area contributed by atoms with Crippen LogP contribution in [0.4, 0.5) is 5.69 Å². The molecule has 0 radical (unpaired) electrons. The van der Waals surface area contributed by atoms with Crippen LogP contribution >= 0.6 is 0 Å². The fourth-order valence-corrected chi connectivity index (χ4v) is 8.40. The minimum absolute atomic E-state index is 0.297. The van der Waals surface area contributed by atoms with Crippen LogP contribution in [0.5, 0.6) is 0 Å². The first-order valence-electron chi connectivity index (χ1n) is 18.1. The van der Waals surface area contributed by atoms with Gasteiger partial charge >= 0.3 is 0 Å². The number of hydrogen-bond donors (Lipinski definition) is 0. The van der Waals surface area contributed by atoms with Gasteiger partial charge in [-0.3, -0.25) is 0 Å². The molecule has 240 valence electrons. The summed E-state index contributed by atoms with van der Waals surface area (Å²) in [6, 6.07) is 20.8. The Labute approximate surface area is 286 Å². The van der Waals surface area contributed by atoms with E-state index < -0.39 is 0 Å². The molecule has 5 aliphatic rings. The predicted molar refractivity (Wildman–Crippen MR) is 205 cm³/mol. The predicted octanol–water partition coefficient (Wildman–Crippen LogP) is 11.8. The van der Waals surface area contributed by atoms with E-state index in [1.54, 1.807) is 0 Å². The third kappa shape index (κ3) is 5.79. The van der Waals surface area contributed by atoms with E-state index in [0.29, 0.717) is 12.0 Å². The van der Waals surface area contributed by atoms with Crippen LogP contribution in [0.1, 0.15) is 73.6 Å². The van der Waals surface area contributed by atoms with Crippen LogP contribution in [0.3, 0.4) is 0 Å². The molecule has 48 heavy (non-hydrogen) atoms. The molecule has 0 bridgehead atoms. The lowest BCUT2D eigenvalue weighted by Gasteiger charge is -2.43. The molecule has 0 aliphatic heterocycles. The van der Waals surface area contributed by atoms with Gasteiger partial charge < -0.3 is 9.80 Å². The lowest BCUT2D eigenvalue weighted by Crippen LogP contribution is -2.36. The molecule has 2 nitrogen and oxygen atoms in total. The van der Waals surface area contributed by atoms with Crippen molar-refractivity contribution in [3.8, 4) is 0 Å². The van der Waals surface area contributed by atoms with Crippen molar-refractivity contribution < 1.29 is 0 Å². The van der Waals surface area contributed by atoms with Crippen molar-refractivity contribution in [2.24, 2.45) is 5.92 Å². The molecule has 0 amide bonds. The zero-order valence-corrected chi connectivity index (χ0v) is 28.0. The Balaban J connectivity index is 1.26. The van der Waals surface area contributed by atoms with Crippen LogP contribution in [0.15, 0.2) is 151 Å². The van der Waals surface area contributed by atoms with Gasteiger partial charge in [-0.25, -0.2) is 0 Å². The summed E-state index contributed by atoms with van der Waals surface area (Å²) in [7, 11) is 0. The normalized spacial score (nSPS) is 21.1. The monoisotopic (exact) mass is 626 g/mol. The van der Waals surface area contributed by atoms with Gasteiger partial charge in [0.2, 0.25) is 0 Å². The second-order valence-corrected chi connectivity index (χ2v) is 13.7. The summed E-state index contributed by atoms with van der Waals surface area (Å²) in [5.74, 6) is 0.586. The van der Waals surface area contributed by atoms with Gasteiger partial charge in [-0.15, -0.1) is 6.58 Å². The molecule has 0 saturated carbocycles. The Morgan fingerprint density at radius 3 is 2.54 bits per heavy atom. The van der Waals surface area contributed by atoms with Crippen molar-refractivity contribution in [2.75, 3.05) is 4.90 Å². The molecular formula is C46H46N2. The van der Waals surface area contributed by atoms with Crippen molar-refractivity contribution in [3.05, 3.63) is 173 Å². The first kappa shape index (κ1) is 30.5. The second kappa shape index (κ2) is 13.7. The third-order valence-corrected chi connectivity index (χ3v) is 10.7. The molecule has 0 saturated heterocycles. The van der Waals surface area contributed by atoms with E-state index in [1.165, 1.54) is 74.2 Å². The molecule has 0 aromatic heterocycles. The van der Waals surface area contributed by atoms with Crippen LogP contribution in [0.2, 0.25) is 0 Å². The van der Waals surface area contributed by atoms with Gasteiger partial charge in [-0.05, 0) is 104 Å². The van der Waals surface area contributed by atoms with E-state index in [4.69, 9.17) is 0 Å². The molecule has 0 heterocycles. The van der Waals surface area contributed by atoms with Crippen LogP contribution in [-0.4, -0.2) is 10.9 Å². The maximum Gasteiger partial charge on any atom is 0.0605 e. The molecule has 5 aliphatic carbocycles. The number of rotatable bonds is 9. The first-order chi connectivity index (χ1) is 23.8. The Morgan fingerprint density at radius 1 is 0.812 bits per heavy atom. The standard InChI is InChI=1S/C46H46N2/c1-2-3-4-16-31-47(45-41-23-12-8-17-34(41)32-35-18-9-13-24-42(35)45)38-27-29-40(30-28-38)48(39-21-6-5-7-22-39)46-43-25-14-10-19-36(43)33-37-20-11-15-26-44(37)46/h2,5-8,10,12-17,19,21,23-27,29,31-32,37,39H,1,3-4,9,11,18,20,22,28,30,33H2/b31-16+. The largest absolute Gasteiger partial charge is 0.337 e. The van der Waals surface area contributed by atoms with Crippen LogP contribution in [0, 0.1) is 5.92 Å². The van der Waals surface area contributed by atoms with E-state index in [-0.39, 0.29) is 0 Å². The highest BCUT2D eigenvalue weighted by atomic mass is 15.2. The number of nitrogens with zero attached hydrogens (tertiary/aromatic N) is 2. The third-order valence-electron chi connectivity index (χ3n) is 10.7. The van der Waals surface area contributed by atoms with E-state index in [2.05, 4.69) is 144 Å². The summed E-state index contributed by atoms with van der Waals surface area (Å²) in [5, 5.41) is 2.63. The zero-order chi connectivity index (χ0) is 32.3. The molecule has 8 rings (SSSR count). The SMILES string of the molecule is C=CCC/C=C/N(C1=CC=C(N(C2=C3C=CCCC3Cc3ccccc32)C2C=CC=CC2)CC1)c1c2c(cc3ccccc13)CCC=C2. The topological polar surface area (TPSA) is 6.48 Å². The Morgan fingerprint density at radius 2 is 1.67 bits per heavy atom. The minimum Gasteiger partial charge on any atom is -0.337 e. The van der Waals surface area contributed by atoms with Crippen molar-refractivity contribution in [1.29, 1.82) is 0 Å². The highest BCUT2D eigenvalue weighted by Gasteiger charge is 2.34. The Bertz CT molecular complexity index is 1970. The fourth-order valence-electron chi connectivity index (χ4n) is 8.40. The van der Waals surface area contributed by atoms with Crippen molar-refractivity contribution in [2.45, 2.75) is 70.3 Å². The van der Waals surface area contributed by atoms with E-state index in [1.807, 2.05) is 6.08 Å². The second-order valence-electron chi connectivity index (χ2n) is 13.7. The summed E-state index contributed by atoms with van der Waals surface area (Å²) in [5.41, 5.74) is 12.8. The molecule has 2 unspecified atom stereocenters. The van der Waals surface area contributed by atoms with Gasteiger partial charge in [0.15, 0.2) is 0 Å². The lowest BCUT2D eigenvalue weighted by atomic mass is 9.76. The van der Waals surface area contributed by atoms with Gasteiger partial charge in [-0.2, -0.15) is 0 Å². The Hall–Kier alpha value is -4.82. The van der Waals surface area contributed by atoms with Crippen molar-refractivity contribution in [3.63, 3.8) is 0 Å². The maximum absolute atomic E-state index is 3.97. The van der Waals surface area contributed by atoms with Gasteiger partial charge in [0, 0.05) is 34.1 Å². The number of fused-ring (bicyclic) bond motifs is 4. The summed E-state index contributed by atoms with van der Waals surface area (Å²) in [4.78, 5) is 5.23. The average Bonchev–Trinajstić information content (AvgIpc) is 3.15. The summed E-state index contributed by atoms with van der Waals surface area (Å²) < 4.78 is 0. The maximum atomic E-state index is 3.97. The number of hydrogen-bond acceptors (Lipinski definition) is 2. The summed E-state index contributed by atoms with van der Waals surface area (Å²) >= 11 is 0. The van der Waals surface area contributed by atoms with Gasteiger partial charge in [-0.1, -0.05) is 115 Å². The molecular weight excluding hydrogens is 581 g/mol. The van der Waals surface area contributed by atoms with Gasteiger partial charge in [0.05, 0.1) is 17.4 Å². The molecule has 2 atom stereocenters. The number of unbranched alkanes of at least 4 members (excludes halogenated alkanes) is 1. The van der Waals surface area contributed by atoms with Crippen LogP contribution < -0.4 is 4.90 Å². The number of anilines is 1. The smallest absolute Gasteiger partial charge is 0.0605 e. The van der Waals surface area contributed by atoms with Gasteiger partial charge in [0.25, 0.3) is 0 Å². The first-order valence-corrected chi connectivity index (χ1v) is 18.1. The minimum atomic E-state index is 0.297. The van der Waals surface area contributed by atoms with Crippen molar-refractivity contribution >= 4 is 28.2 Å². The molecule has 3 aromatic carbocycles. The molecule has 0 spiro atoms. The highest BCUT2D eigenvalue weighted by molar-refractivity contribution is 6.01. The molecule has 0 N–H and O–H groups in total. The van der Waals surface area contributed by atoms with E-state index in [9.17, 15) is 0 Å². The number of benzene rings is 3. The molecule has 0 fully saturated rings. The summed E-state index contributed by atoms with van der Waals surface area (Å²) in [6.07, 6.45) is 41.0. The molecule has 2 heteroatoms.